The average Bonchev–Trinajstić information content (AvgIpc) is 2.97. The van der Waals surface area contributed by atoms with Crippen molar-refractivity contribution in [3.8, 4) is 0 Å². The second kappa shape index (κ2) is 8.12. The molecule has 5 nitrogen and oxygen atoms in total. The number of nitrogens with zero attached hydrogens (tertiary/aromatic N) is 1. The first-order valence-corrected chi connectivity index (χ1v) is 7.71. The Bertz CT molecular complexity index is 352. The van der Waals surface area contributed by atoms with Crippen LogP contribution in [0.15, 0.2) is 0 Å². The Labute approximate surface area is 128 Å². The van der Waals surface area contributed by atoms with E-state index in [0.29, 0.717) is 19.7 Å². The van der Waals surface area contributed by atoms with E-state index in [9.17, 15) is 18.0 Å². The zero-order valence-corrected chi connectivity index (χ0v) is 12.5. The number of carbonyl (C=O) groups excluding carboxylic acids is 1. The zero-order valence-electron chi connectivity index (χ0n) is 12.5. The average molecular weight is 324 g/mol. The third-order valence-electron chi connectivity index (χ3n) is 3.93. The summed E-state index contributed by atoms with van der Waals surface area (Å²) in [5.74, 6) is -0.587. The maximum atomic E-state index is 12.0. The fraction of sp³-hybridized carbons (Fsp3) is 0.929. The predicted octanol–water partition coefficient (Wildman–Crippen LogP) is 1.32. The molecule has 2 saturated heterocycles. The van der Waals surface area contributed by atoms with Crippen molar-refractivity contribution in [3.63, 3.8) is 0 Å². The highest BCUT2D eigenvalue weighted by atomic mass is 19.4. The Kier molecular flexibility index (Phi) is 6.46. The minimum atomic E-state index is -4.36. The van der Waals surface area contributed by atoms with Crippen LogP contribution in [0, 0.1) is 0 Å². The van der Waals surface area contributed by atoms with Crippen LogP contribution >= 0.6 is 0 Å². The third kappa shape index (κ3) is 6.50. The van der Waals surface area contributed by atoms with Crippen LogP contribution < -0.4 is 5.32 Å². The molecule has 0 aromatic heterocycles. The summed E-state index contributed by atoms with van der Waals surface area (Å²) in [5.41, 5.74) is 0. The molecule has 2 aliphatic rings. The van der Waals surface area contributed by atoms with Gasteiger partial charge in [0.05, 0.1) is 25.4 Å². The van der Waals surface area contributed by atoms with Crippen molar-refractivity contribution in [2.75, 3.05) is 39.4 Å². The number of likely N-dealkylation sites (tertiary alicyclic amines) is 1. The number of carbonyl (C=O) groups is 1. The fourth-order valence-electron chi connectivity index (χ4n) is 2.71. The van der Waals surface area contributed by atoms with Crippen LogP contribution in [0.3, 0.4) is 0 Å². The van der Waals surface area contributed by atoms with Crippen molar-refractivity contribution >= 4 is 5.91 Å². The van der Waals surface area contributed by atoms with Gasteiger partial charge in [-0.05, 0) is 25.7 Å². The van der Waals surface area contributed by atoms with Gasteiger partial charge in [0.1, 0.15) is 6.54 Å². The Morgan fingerprint density at radius 2 is 2.00 bits per heavy atom. The van der Waals surface area contributed by atoms with Crippen LogP contribution in [-0.2, 0) is 14.3 Å². The maximum absolute atomic E-state index is 12.0. The molecule has 0 unspecified atom stereocenters. The molecule has 0 spiro atoms. The summed E-state index contributed by atoms with van der Waals surface area (Å²) < 4.78 is 47.3. The Balaban J connectivity index is 1.57. The van der Waals surface area contributed by atoms with E-state index in [1.54, 1.807) is 0 Å². The third-order valence-corrected chi connectivity index (χ3v) is 3.93. The molecule has 1 atom stereocenters. The minimum Gasteiger partial charge on any atom is -0.376 e. The van der Waals surface area contributed by atoms with Gasteiger partial charge < -0.3 is 14.8 Å². The minimum absolute atomic E-state index is 0.00847. The number of piperidine rings is 1. The summed E-state index contributed by atoms with van der Waals surface area (Å²) in [6.45, 7) is 1.48. The standard InChI is InChI=1S/C14H23F3N2O3/c15-14(16,17)10-18-13(20)8-19-5-3-11(4-6-19)22-9-12-2-1-7-21-12/h11-12H,1-10H2,(H,18,20)/t12-/m0/s1. The highest BCUT2D eigenvalue weighted by Crippen LogP contribution is 2.17. The first-order valence-electron chi connectivity index (χ1n) is 7.71. The van der Waals surface area contributed by atoms with Crippen molar-refractivity contribution in [3.05, 3.63) is 0 Å². The van der Waals surface area contributed by atoms with Crippen LogP contribution in [-0.4, -0.2) is 68.6 Å². The molecule has 1 N–H and O–H groups in total. The fourth-order valence-corrected chi connectivity index (χ4v) is 2.71. The monoisotopic (exact) mass is 324 g/mol. The van der Waals surface area contributed by atoms with Gasteiger partial charge in [0.25, 0.3) is 0 Å². The quantitative estimate of drug-likeness (QED) is 0.801. The molecule has 0 aromatic rings. The molecule has 0 saturated carbocycles. The van der Waals surface area contributed by atoms with Gasteiger partial charge in [-0.3, -0.25) is 9.69 Å². The van der Waals surface area contributed by atoms with Gasteiger partial charge in [-0.1, -0.05) is 0 Å². The van der Waals surface area contributed by atoms with Gasteiger partial charge >= 0.3 is 6.18 Å². The number of ether oxygens (including phenoxy) is 2. The second-order valence-electron chi connectivity index (χ2n) is 5.84. The molecule has 22 heavy (non-hydrogen) atoms. The van der Waals surface area contributed by atoms with Gasteiger partial charge in [0.15, 0.2) is 0 Å². The number of nitrogens with one attached hydrogen (secondary N) is 1. The lowest BCUT2D eigenvalue weighted by molar-refractivity contribution is -0.139. The van der Waals surface area contributed by atoms with Crippen molar-refractivity contribution < 1.29 is 27.4 Å². The van der Waals surface area contributed by atoms with Crippen LogP contribution in [0.5, 0.6) is 0 Å². The molecule has 2 heterocycles. The van der Waals surface area contributed by atoms with E-state index in [4.69, 9.17) is 9.47 Å². The molecule has 0 radical (unpaired) electrons. The van der Waals surface area contributed by atoms with Crippen LogP contribution in [0.1, 0.15) is 25.7 Å². The number of hydrogen-bond donors (Lipinski definition) is 1. The predicted molar refractivity (Wildman–Crippen MR) is 73.5 cm³/mol. The van der Waals surface area contributed by atoms with E-state index in [-0.39, 0.29) is 18.8 Å². The molecule has 0 aromatic carbocycles. The first kappa shape index (κ1) is 17.5. The van der Waals surface area contributed by atoms with Crippen LogP contribution in [0.2, 0.25) is 0 Å². The summed E-state index contributed by atoms with van der Waals surface area (Å²) in [6, 6.07) is 0. The summed E-state index contributed by atoms with van der Waals surface area (Å²) in [4.78, 5) is 13.3. The maximum Gasteiger partial charge on any atom is 0.405 e. The molecular formula is C14H23F3N2O3. The highest BCUT2D eigenvalue weighted by molar-refractivity contribution is 5.78. The zero-order chi connectivity index (χ0) is 16.0. The van der Waals surface area contributed by atoms with E-state index in [1.807, 2.05) is 10.2 Å². The smallest absolute Gasteiger partial charge is 0.376 e. The number of halogens is 3. The Morgan fingerprint density at radius 3 is 2.59 bits per heavy atom. The molecular weight excluding hydrogens is 301 g/mol. The van der Waals surface area contributed by atoms with Crippen LogP contribution in [0.25, 0.3) is 0 Å². The SMILES string of the molecule is O=C(CN1CCC(OC[C@@H]2CCCO2)CC1)NCC(F)(F)F. The first-order chi connectivity index (χ1) is 10.4. The second-order valence-corrected chi connectivity index (χ2v) is 5.84. The molecule has 0 bridgehead atoms. The van der Waals surface area contributed by atoms with Gasteiger partial charge in [-0.2, -0.15) is 13.2 Å². The van der Waals surface area contributed by atoms with E-state index >= 15 is 0 Å². The lowest BCUT2D eigenvalue weighted by Gasteiger charge is -2.31. The van der Waals surface area contributed by atoms with Crippen molar-refractivity contribution in [1.82, 2.24) is 10.2 Å². The number of hydrogen-bond acceptors (Lipinski definition) is 4. The Hall–Kier alpha value is -0.860. The summed E-state index contributed by atoms with van der Waals surface area (Å²) in [5, 5.41) is 1.89. The summed E-state index contributed by atoms with van der Waals surface area (Å²) >= 11 is 0. The van der Waals surface area contributed by atoms with Crippen molar-refractivity contribution in [1.29, 1.82) is 0 Å². The molecule has 2 fully saturated rings. The topological polar surface area (TPSA) is 50.8 Å². The lowest BCUT2D eigenvalue weighted by atomic mass is 10.1. The molecule has 2 aliphatic heterocycles. The van der Waals surface area contributed by atoms with E-state index in [0.717, 1.165) is 32.3 Å². The van der Waals surface area contributed by atoms with Gasteiger partial charge in [-0.15, -0.1) is 0 Å². The van der Waals surface area contributed by atoms with Crippen molar-refractivity contribution in [2.24, 2.45) is 0 Å². The molecule has 0 aliphatic carbocycles. The largest absolute Gasteiger partial charge is 0.405 e. The van der Waals surface area contributed by atoms with Crippen LogP contribution in [0.4, 0.5) is 13.2 Å². The molecule has 2 rings (SSSR count). The summed E-state index contributed by atoms with van der Waals surface area (Å²) in [7, 11) is 0. The van der Waals surface area contributed by atoms with Gasteiger partial charge in [0.2, 0.25) is 5.91 Å². The van der Waals surface area contributed by atoms with Gasteiger partial charge in [-0.25, -0.2) is 0 Å². The molecule has 8 heteroatoms. The van der Waals surface area contributed by atoms with Gasteiger partial charge in [0, 0.05) is 19.7 Å². The van der Waals surface area contributed by atoms with Crippen molar-refractivity contribution in [2.45, 2.75) is 44.1 Å². The van der Waals surface area contributed by atoms with E-state index in [2.05, 4.69) is 0 Å². The number of rotatable bonds is 6. The normalized spacial score (nSPS) is 24.6. The Morgan fingerprint density at radius 1 is 1.27 bits per heavy atom. The molecule has 128 valence electrons. The van der Waals surface area contributed by atoms with E-state index in [1.165, 1.54) is 0 Å². The molecule has 1 amide bonds. The lowest BCUT2D eigenvalue weighted by Crippen LogP contribution is -2.45. The summed E-state index contributed by atoms with van der Waals surface area (Å²) in [6.07, 6.45) is -0.306. The number of alkyl halides is 3. The highest BCUT2D eigenvalue weighted by Gasteiger charge is 2.28. The van der Waals surface area contributed by atoms with E-state index < -0.39 is 18.6 Å². The number of amides is 1.